The van der Waals surface area contributed by atoms with Crippen LogP contribution in [-0.2, 0) is 12.8 Å². The van der Waals surface area contributed by atoms with Gasteiger partial charge in [-0.1, -0.05) is 17.3 Å². The molecular weight excluding hydrogens is 262 g/mol. The van der Waals surface area contributed by atoms with Crippen LogP contribution in [0.4, 0.5) is 0 Å². The quantitative estimate of drug-likeness (QED) is 0.710. The molecule has 18 heavy (non-hydrogen) atoms. The van der Waals surface area contributed by atoms with E-state index in [1.165, 1.54) is 15.3 Å². The van der Waals surface area contributed by atoms with E-state index < -0.39 is 0 Å². The van der Waals surface area contributed by atoms with Gasteiger partial charge in [-0.3, -0.25) is 0 Å². The smallest absolute Gasteiger partial charge is 0.137 e. The highest BCUT2D eigenvalue weighted by molar-refractivity contribution is 7.10. The lowest BCUT2D eigenvalue weighted by molar-refractivity contribution is 0.391. The number of hydrogen-bond acceptors (Lipinski definition) is 4. The van der Waals surface area contributed by atoms with Crippen molar-refractivity contribution in [2.45, 2.75) is 19.8 Å². The second kappa shape index (κ2) is 5.08. The van der Waals surface area contributed by atoms with E-state index in [9.17, 15) is 0 Å². The maximum absolute atomic E-state index is 5.35. The molecule has 0 fully saturated rings. The fraction of sp³-hybridized carbons (Fsp3) is 0.214. The van der Waals surface area contributed by atoms with E-state index >= 15 is 0 Å². The topological polar surface area (TPSA) is 26.0 Å². The van der Waals surface area contributed by atoms with Crippen molar-refractivity contribution in [3.63, 3.8) is 0 Å². The molecule has 0 bridgehead atoms. The molecule has 0 amide bonds. The first-order valence-electron chi connectivity index (χ1n) is 5.81. The molecule has 3 aromatic rings. The van der Waals surface area contributed by atoms with E-state index in [0.717, 1.165) is 24.3 Å². The van der Waals surface area contributed by atoms with Crippen molar-refractivity contribution >= 4 is 22.7 Å². The van der Waals surface area contributed by atoms with Gasteiger partial charge in [0, 0.05) is 28.2 Å². The minimum absolute atomic E-state index is 0.871. The second-order valence-corrected chi connectivity index (χ2v) is 6.24. The zero-order chi connectivity index (χ0) is 12.4. The summed E-state index contributed by atoms with van der Waals surface area (Å²) in [5.74, 6) is 0.940. The van der Waals surface area contributed by atoms with Gasteiger partial charge < -0.3 is 4.52 Å². The van der Waals surface area contributed by atoms with Crippen LogP contribution in [0.1, 0.15) is 26.8 Å². The number of aryl methyl sites for hydroxylation is 1. The highest BCUT2D eigenvalue weighted by atomic mass is 32.1. The number of rotatable bonds is 4. The SMILES string of the molecule is Cc1onc(Cc2cccs2)c1Cc1cccs1. The van der Waals surface area contributed by atoms with E-state index in [4.69, 9.17) is 4.52 Å². The Hall–Kier alpha value is -1.39. The molecule has 0 atom stereocenters. The summed E-state index contributed by atoms with van der Waals surface area (Å²) >= 11 is 3.54. The average Bonchev–Trinajstić information content (AvgIpc) is 3.08. The van der Waals surface area contributed by atoms with Gasteiger partial charge >= 0.3 is 0 Å². The van der Waals surface area contributed by atoms with Gasteiger partial charge in [-0.2, -0.15) is 0 Å². The van der Waals surface area contributed by atoms with Crippen molar-refractivity contribution < 1.29 is 4.52 Å². The Morgan fingerprint density at radius 3 is 2.33 bits per heavy atom. The van der Waals surface area contributed by atoms with Crippen molar-refractivity contribution in [3.05, 3.63) is 61.8 Å². The molecule has 0 aromatic carbocycles. The maximum atomic E-state index is 5.35. The third-order valence-corrected chi connectivity index (χ3v) is 4.67. The van der Waals surface area contributed by atoms with Crippen LogP contribution in [0.25, 0.3) is 0 Å². The standard InChI is InChI=1S/C14H13NOS2/c1-10-13(8-11-4-2-6-17-11)14(15-16-10)9-12-5-3-7-18-12/h2-7H,8-9H2,1H3. The van der Waals surface area contributed by atoms with Crippen LogP contribution in [0.3, 0.4) is 0 Å². The van der Waals surface area contributed by atoms with E-state index in [1.807, 2.05) is 6.92 Å². The molecule has 0 N–H and O–H groups in total. The summed E-state index contributed by atoms with van der Waals surface area (Å²) in [5, 5.41) is 8.41. The van der Waals surface area contributed by atoms with Gasteiger partial charge in [-0.25, -0.2) is 0 Å². The lowest BCUT2D eigenvalue weighted by Crippen LogP contribution is -1.94. The maximum Gasteiger partial charge on any atom is 0.137 e. The van der Waals surface area contributed by atoms with Crippen molar-refractivity contribution in [1.29, 1.82) is 0 Å². The van der Waals surface area contributed by atoms with Crippen LogP contribution in [0, 0.1) is 6.92 Å². The summed E-state index contributed by atoms with van der Waals surface area (Å²) in [6.45, 7) is 1.99. The van der Waals surface area contributed by atoms with E-state index in [0.29, 0.717) is 0 Å². The summed E-state index contributed by atoms with van der Waals surface area (Å²) in [6.07, 6.45) is 1.80. The molecule has 92 valence electrons. The minimum atomic E-state index is 0.871. The van der Waals surface area contributed by atoms with Gasteiger partial charge in [0.25, 0.3) is 0 Å². The molecule has 0 aliphatic rings. The Bertz CT molecular complexity index is 608. The number of hydrogen-bond donors (Lipinski definition) is 0. The monoisotopic (exact) mass is 275 g/mol. The van der Waals surface area contributed by atoms with Crippen molar-refractivity contribution in [2.75, 3.05) is 0 Å². The summed E-state index contributed by atoms with van der Waals surface area (Å²) in [4.78, 5) is 2.68. The summed E-state index contributed by atoms with van der Waals surface area (Å²) in [5.41, 5.74) is 2.31. The molecule has 2 nitrogen and oxygen atoms in total. The molecule has 0 unspecified atom stereocenters. The molecule has 3 aromatic heterocycles. The summed E-state index contributed by atoms with van der Waals surface area (Å²) in [6, 6.07) is 8.46. The lowest BCUT2D eigenvalue weighted by atomic mass is 10.1. The Morgan fingerprint density at radius 1 is 1.06 bits per heavy atom. The molecule has 0 radical (unpaired) electrons. The summed E-state index contributed by atoms with van der Waals surface area (Å²) < 4.78 is 5.35. The number of nitrogens with zero attached hydrogens (tertiary/aromatic N) is 1. The van der Waals surface area contributed by atoms with E-state index in [-0.39, 0.29) is 0 Å². The molecule has 3 rings (SSSR count). The number of thiophene rings is 2. The molecule has 0 aliphatic carbocycles. The lowest BCUT2D eigenvalue weighted by Gasteiger charge is -1.99. The highest BCUT2D eigenvalue weighted by Gasteiger charge is 2.14. The molecule has 3 heterocycles. The largest absolute Gasteiger partial charge is 0.361 e. The fourth-order valence-corrected chi connectivity index (χ4v) is 3.39. The van der Waals surface area contributed by atoms with Gasteiger partial charge in [0.1, 0.15) is 5.76 Å². The zero-order valence-corrected chi connectivity index (χ0v) is 11.7. The van der Waals surface area contributed by atoms with Crippen molar-refractivity contribution in [1.82, 2.24) is 5.16 Å². The Kier molecular flexibility index (Phi) is 3.30. The van der Waals surface area contributed by atoms with Crippen LogP contribution in [0.15, 0.2) is 39.5 Å². The van der Waals surface area contributed by atoms with Gasteiger partial charge in [-0.05, 0) is 29.8 Å². The first-order chi connectivity index (χ1) is 8.83. The average molecular weight is 275 g/mol. The van der Waals surface area contributed by atoms with Gasteiger partial charge in [-0.15, -0.1) is 22.7 Å². The predicted molar refractivity (Wildman–Crippen MR) is 75.5 cm³/mol. The van der Waals surface area contributed by atoms with Crippen LogP contribution >= 0.6 is 22.7 Å². The Morgan fingerprint density at radius 2 is 1.72 bits per heavy atom. The van der Waals surface area contributed by atoms with Crippen LogP contribution in [0.5, 0.6) is 0 Å². The Labute approximate surface area is 114 Å². The first-order valence-corrected chi connectivity index (χ1v) is 7.57. The Balaban J connectivity index is 1.86. The van der Waals surface area contributed by atoms with Gasteiger partial charge in [0.2, 0.25) is 0 Å². The second-order valence-electron chi connectivity index (χ2n) is 4.18. The first kappa shape index (κ1) is 11.7. The third-order valence-electron chi connectivity index (χ3n) is 2.92. The fourth-order valence-electron chi connectivity index (χ4n) is 1.97. The van der Waals surface area contributed by atoms with Crippen LogP contribution < -0.4 is 0 Å². The van der Waals surface area contributed by atoms with Gasteiger partial charge in [0.15, 0.2) is 0 Å². The molecule has 0 aliphatic heterocycles. The van der Waals surface area contributed by atoms with Crippen molar-refractivity contribution in [3.8, 4) is 0 Å². The molecule has 0 saturated heterocycles. The van der Waals surface area contributed by atoms with Crippen LogP contribution in [0.2, 0.25) is 0 Å². The molecule has 0 saturated carbocycles. The van der Waals surface area contributed by atoms with Gasteiger partial charge in [0.05, 0.1) is 5.69 Å². The van der Waals surface area contributed by atoms with E-state index in [2.05, 4.69) is 40.2 Å². The summed E-state index contributed by atoms with van der Waals surface area (Å²) in [7, 11) is 0. The molecule has 4 heteroatoms. The van der Waals surface area contributed by atoms with Crippen LogP contribution in [-0.4, -0.2) is 5.16 Å². The van der Waals surface area contributed by atoms with E-state index in [1.54, 1.807) is 22.7 Å². The predicted octanol–water partition coefficient (Wildman–Crippen LogP) is 4.29. The normalized spacial score (nSPS) is 10.9. The molecular formula is C14H13NOS2. The van der Waals surface area contributed by atoms with Crippen molar-refractivity contribution in [2.24, 2.45) is 0 Å². The minimum Gasteiger partial charge on any atom is -0.361 e. The highest BCUT2D eigenvalue weighted by Crippen LogP contribution is 2.24. The zero-order valence-electron chi connectivity index (χ0n) is 10.1. The third kappa shape index (κ3) is 2.40. The number of aromatic nitrogens is 1. The molecule has 0 spiro atoms.